The average molecular weight is 530 g/mol. The van der Waals surface area contributed by atoms with Crippen LogP contribution in [0.1, 0.15) is 16.7 Å². The molecule has 9 heteroatoms. The minimum absolute atomic E-state index is 0.113. The number of aromatic amines is 1. The normalized spacial score (nSPS) is 12.5. The molecule has 4 rings (SSSR count). The highest BCUT2D eigenvalue weighted by Crippen LogP contribution is 2.22. The largest absolute Gasteiger partial charge is 0.361 e. The summed E-state index contributed by atoms with van der Waals surface area (Å²) < 4.78 is 28.9. The predicted octanol–water partition coefficient (Wildman–Crippen LogP) is 5.03. The summed E-state index contributed by atoms with van der Waals surface area (Å²) in [6, 6.07) is 18.4. The van der Waals surface area contributed by atoms with Gasteiger partial charge in [0.15, 0.2) is 0 Å². The third-order valence-corrected chi connectivity index (χ3v) is 7.78. The lowest BCUT2D eigenvalue weighted by Gasteiger charge is -2.19. The van der Waals surface area contributed by atoms with Crippen LogP contribution < -0.4 is 10.0 Å². The second-order valence-corrected chi connectivity index (χ2v) is 10.9. The molecule has 0 fully saturated rings. The van der Waals surface area contributed by atoms with E-state index in [1.165, 1.54) is 6.07 Å². The number of aromatic nitrogens is 1. The molecular formula is C26H25Cl2N3O3S. The number of H-pyrrole nitrogens is 1. The minimum atomic E-state index is -3.93. The van der Waals surface area contributed by atoms with E-state index < -0.39 is 22.0 Å². The van der Waals surface area contributed by atoms with Crippen molar-refractivity contribution in [3.8, 4) is 0 Å². The highest BCUT2D eigenvalue weighted by molar-refractivity contribution is 7.89. The van der Waals surface area contributed by atoms with Crippen molar-refractivity contribution in [2.75, 3.05) is 6.54 Å². The molecule has 182 valence electrons. The van der Waals surface area contributed by atoms with Crippen LogP contribution in [0, 0.1) is 6.92 Å². The van der Waals surface area contributed by atoms with Crippen LogP contribution in [0.25, 0.3) is 10.9 Å². The average Bonchev–Trinajstić information content (AvgIpc) is 3.23. The fraction of sp³-hybridized carbons (Fsp3) is 0.192. The lowest BCUT2D eigenvalue weighted by molar-refractivity contribution is -0.122. The molecule has 0 aliphatic heterocycles. The van der Waals surface area contributed by atoms with Gasteiger partial charge < -0.3 is 10.3 Å². The third kappa shape index (κ3) is 6.24. The summed E-state index contributed by atoms with van der Waals surface area (Å²) in [5.74, 6) is -0.420. The zero-order chi connectivity index (χ0) is 25.0. The van der Waals surface area contributed by atoms with Crippen LogP contribution in [0.3, 0.4) is 0 Å². The van der Waals surface area contributed by atoms with E-state index >= 15 is 0 Å². The van der Waals surface area contributed by atoms with Crippen LogP contribution >= 0.6 is 23.2 Å². The molecular weight excluding hydrogens is 505 g/mol. The Morgan fingerprint density at radius 1 is 1.00 bits per heavy atom. The van der Waals surface area contributed by atoms with Crippen LogP contribution in [-0.4, -0.2) is 31.9 Å². The van der Waals surface area contributed by atoms with Crippen molar-refractivity contribution in [1.82, 2.24) is 15.0 Å². The molecule has 6 nitrogen and oxygen atoms in total. The number of rotatable bonds is 9. The van der Waals surface area contributed by atoms with Crippen molar-refractivity contribution in [3.05, 3.63) is 99.7 Å². The third-order valence-electron chi connectivity index (χ3n) is 5.72. The maximum atomic E-state index is 13.2. The number of sulfonamides is 1. The Morgan fingerprint density at radius 3 is 2.57 bits per heavy atom. The number of benzene rings is 3. The molecule has 35 heavy (non-hydrogen) atoms. The maximum Gasteiger partial charge on any atom is 0.241 e. The van der Waals surface area contributed by atoms with Gasteiger partial charge >= 0.3 is 0 Å². The zero-order valence-electron chi connectivity index (χ0n) is 19.0. The van der Waals surface area contributed by atoms with E-state index in [1.54, 1.807) is 36.5 Å². The summed E-state index contributed by atoms with van der Waals surface area (Å²) in [7, 11) is -3.93. The lowest BCUT2D eigenvalue weighted by atomic mass is 10.0. The van der Waals surface area contributed by atoms with Crippen molar-refractivity contribution >= 4 is 50.0 Å². The topological polar surface area (TPSA) is 91.1 Å². The molecule has 0 bridgehead atoms. The number of halogens is 2. The highest BCUT2D eigenvalue weighted by atomic mass is 35.5. The Balaban J connectivity index is 1.54. The number of fused-ring (bicyclic) bond motifs is 1. The Labute approximate surface area is 214 Å². The molecule has 0 unspecified atom stereocenters. The van der Waals surface area contributed by atoms with Gasteiger partial charge in [0.05, 0.1) is 4.90 Å². The van der Waals surface area contributed by atoms with E-state index in [1.807, 2.05) is 37.3 Å². The summed E-state index contributed by atoms with van der Waals surface area (Å²) in [5, 5.41) is 4.84. The molecule has 0 spiro atoms. The van der Waals surface area contributed by atoms with Crippen molar-refractivity contribution in [2.24, 2.45) is 0 Å². The summed E-state index contributed by atoms with van der Waals surface area (Å²) in [4.78, 5) is 16.5. The van der Waals surface area contributed by atoms with Gasteiger partial charge in [0, 0.05) is 33.7 Å². The molecule has 1 aromatic heterocycles. The minimum Gasteiger partial charge on any atom is -0.361 e. The van der Waals surface area contributed by atoms with Gasteiger partial charge in [-0.05, 0) is 66.8 Å². The first kappa shape index (κ1) is 25.3. The van der Waals surface area contributed by atoms with E-state index in [-0.39, 0.29) is 17.9 Å². The molecule has 3 N–H and O–H groups in total. The van der Waals surface area contributed by atoms with E-state index in [2.05, 4.69) is 15.0 Å². The van der Waals surface area contributed by atoms with Crippen molar-refractivity contribution in [3.63, 3.8) is 0 Å². The molecule has 1 amide bonds. The first-order valence-electron chi connectivity index (χ1n) is 11.1. The van der Waals surface area contributed by atoms with E-state index in [0.717, 1.165) is 27.6 Å². The standard InChI is InChI=1S/C26H25Cl2N3O3S/c1-17-5-4-6-21(13-17)35(33,34)31-25(14-19-16-30-24-8-3-2-7-22(19)24)26(32)29-12-11-18-9-10-20(27)15-23(18)28/h2-10,13,15-16,25,30-31H,11-12,14H2,1H3,(H,29,32)/t25-/m0/s1. The second-order valence-electron chi connectivity index (χ2n) is 8.33. The first-order chi connectivity index (χ1) is 16.7. The van der Waals surface area contributed by atoms with Crippen molar-refractivity contribution < 1.29 is 13.2 Å². The summed E-state index contributed by atoms with van der Waals surface area (Å²) in [6.45, 7) is 2.10. The zero-order valence-corrected chi connectivity index (χ0v) is 21.3. The molecule has 0 radical (unpaired) electrons. The number of carbonyl (C=O) groups is 1. The van der Waals surface area contributed by atoms with Crippen LogP contribution in [0.4, 0.5) is 0 Å². The number of hydrogen-bond donors (Lipinski definition) is 3. The maximum absolute atomic E-state index is 13.2. The SMILES string of the molecule is Cc1cccc(S(=O)(=O)N[C@@H](Cc2c[nH]c3ccccc23)C(=O)NCCc2ccc(Cl)cc2Cl)c1. The van der Waals surface area contributed by atoms with Gasteiger partial charge in [-0.1, -0.05) is 59.6 Å². The number of aryl methyl sites for hydroxylation is 1. The van der Waals surface area contributed by atoms with Crippen LogP contribution in [-0.2, 0) is 27.7 Å². The summed E-state index contributed by atoms with van der Waals surface area (Å²) in [5.41, 5.74) is 3.41. The first-order valence-corrected chi connectivity index (χ1v) is 13.3. The van der Waals surface area contributed by atoms with Gasteiger partial charge in [-0.3, -0.25) is 4.79 Å². The van der Waals surface area contributed by atoms with Gasteiger partial charge in [-0.25, -0.2) is 8.42 Å². The van der Waals surface area contributed by atoms with Crippen LogP contribution in [0.2, 0.25) is 10.0 Å². The van der Waals surface area contributed by atoms with Gasteiger partial charge in [0.2, 0.25) is 15.9 Å². The number of amides is 1. The van der Waals surface area contributed by atoms with Gasteiger partial charge in [0.25, 0.3) is 0 Å². The Morgan fingerprint density at radius 2 is 1.80 bits per heavy atom. The number of carbonyl (C=O) groups excluding carboxylic acids is 1. The predicted molar refractivity (Wildman–Crippen MR) is 140 cm³/mol. The molecule has 0 saturated heterocycles. The molecule has 0 saturated carbocycles. The van der Waals surface area contributed by atoms with Gasteiger partial charge in [-0.2, -0.15) is 4.72 Å². The molecule has 3 aromatic carbocycles. The fourth-order valence-corrected chi connectivity index (χ4v) is 5.72. The Hall–Kier alpha value is -2.84. The van der Waals surface area contributed by atoms with E-state index in [4.69, 9.17) is 23.2 Å². The van der Waals surface area contributed by atoms with E-state index in [0.29, 0.717) is 16.5 Å². The number of hydrogen-bond acceptors (Lipinski definition) is 3. The Kier molecular flexibility index (Phi) is 7.82. The van der Waals surface area contributed by atoms with Crippen LogP contribution in [0.5, 0.6) is 0 Å². The fourth-order valence-electron chi connectivity index (χ4n) is 3.91. The molecule has 1 atom stereocenters. The van der Waals surface area contributed by atoms with Gasteiger partial charge in [0.1, 0.15) is 6.04 Å². The van der Waals surface area contributed by atoms with E-state index in [9.17, 15) is 13.2 Å². The summed E-state index contributed by atoms with van der Waals surface area (Å²) >= 11 is 12.2. The molecule has 0 aliphatic carbocycles. The van der Waals surface area contributed by atoms with Crippen LogP contribution in [0.15, 0.2) is 77.8 Å². The quantitative estimate of drug-likeness (QED) is 0.284. The van der Waals surface area contributed by atoms with Crippen molar-refractivity contribution in [2.45, 2.75) is 30.7 Å². The highest BCUT2D eigenvalue weighted by Gasteiger charge is 2.27. The monoisotopic (exact) mass is 529 g/mol. The molecule has 4 aromatic rings. The Bertz CT molecular complexity index is 1470. The van der Waals surface area contributed by atoms with Gasteiger partial charge in [-0.15, -0.1) is 0 Å². The smallest absolute Gasteiger partial charge is 0.241 e. The molecule has 1 heterocycles. The number of para-hydroxylation sites is 1. The second kappa shape index (κ2) is 10.8. The number of nitrogens with one attached hydrogen (secondary N) is 3. The summed E-state index contributed by atoms with van der Waals surface area (Å²) in [6.07, 6.45) is 2.47. The lowest BCUT2D eigenvalue weighted by Crippen LogP contribution is -2.48. The molecule has 0 aliphatic rings. The van der Waals surface area contributed by atoms with Crippen molar-refractivity contribution in [1.29, 1.82) is 0 Å².